The Morgan fingerprint density at radius 3 is 2.88 bits per heavy atom. The van der Waals surface area contributed by atoms with Crippen molar-refractivity contribution < 1.29 is 23.8 Å². The molecule has 0 aliphatic rings. The number of ether oxygens (including phenoxy) is 2. The number of carboxylic acids is 1. The normalized spacial score (nSPS) is 12.2. The summed E-state index contributed by atoms with van der Waals surface area (Å²) in [5, 5.41) is 8.54. The van der Waals surface area contributed by atoms with E-state index in [-0.39, 0.29) is 17.4 Å². The third-order valence-corrected chi connectivity index (χ3v) is 2.15. The van der Waals surface area contributed by atoms with Crippen molar-refractivity contribution in [3.8, 4) is 5.75 Å². The van der Waals surface area contributed by atoms with Gasteiger partial charge in [-0.2, -0.15) is 0 Å². The van der Waals surface area contributed by atoms with Crippen LogP contribution in [0, 0.1) is 5.82 Å². The summed E-state index contributed by atoms with van der Waals surface area (Å²) < 4.78 is 22.7. The van der Waals surface area contributed by atoms with Gasteiger partial charge in [0.2, 0.25) is 6.10 Å². The molecule has 16 heavy (non-hydrogen) atoms. The van der Waals surface area contributed by atoms with Crippen molar-refractivity contribution in [2.24, 2.45) is 0 Å². The van der Waals surface area contributed by atoms with E-state index in [1.165, 1.54) is 19.2 Å². The van der Waals surface area contributed by atoms with E-state index in [1.807, 2.05) is 0 Å². The van der Waals surface area contributed by atoms with Gasteiger partial charge in [0.05, 0.1) is 6.61 Å². The van der Waals surface area contributed by atoms with Crippen LogP contribution in [0.5, 0.6) is 5.75 Å². The number of methoxy groups -OCH3 is 1. The average Bonchev–Trinajstić information content (AvgIpc) is 2.23. The quantitative estimate of drug-likeness (QED) is 0.865. The molecule has 0 aromatic heterocycles. The number of halogens is 2. The lowest BCUT2D eigenvalue weighted by molar-refractivity contribution is -0.147. The fraction of sp³-hybridized carbons (Fsp3) is 0.300. The summed E-state index contributed by atoms with van der Waals surface area (Å²) >= 11 is 5.61. The molecule has 0 saturated carbocycles. The third-order valence-electron chi connectivity index (χ3n) is 1.78. The van der Waals surface area contributed by atoms with Gasteiger partial charge in [-0.1, -0.05) is 17.7 Å². The molecule has 1 unspecified atom stereocenters. The van der Waals surface area contributed by atoms with Gasteiger partial charge in [-0.3, -0.25) is 0 Å². The molecule has 1 aromatic rings. The molecule has 0 radical (unpaired) electrons. The first-order chi connectivity index (χ1) is 7.56. The van der Waals surface area contributed by atoms with Crippen LogP contribution in [0.3, 0.4) is 0 Å². The first-order valence-electron chi connectivity index (χ1n) is 4.38. The Hall–Kier alpha value is -1.33. The monoisotopic (exact) mass is 248 g/mol. The van der Waals surface area contributed by atoms with E-state index in [0.29, 0.717) is 0 Å². The first kappa shape index (κ1) is 12.7. The molecule has 1 aromatic carbocycles. The maximum absolute atomic E-state index is 13.0. The molecule has 0 aliphatic carbocycles. The van der Waals surface area contributed by atoms with E-state index in [0.717, 1.165) is 6.07 Å². The number of aliphatic carboxylic acids is 1. The van der Waals surface area contributed by atoms with E-state index in [9.17, 15) is 9.18 Å². The van der Waals surface area contributed by atoms with Crippen LogP contribution >= 0.6 is 11.6 Å². The van der Waals surface area contributed by atoms with Gasteiger partial charge in [0, 0.05) is 7.11 Å². The second kappa shape index (κ2) is 5.67. The summed E-state index contributed by atoms with van der Waals surface area (Å²) in [5.41, 5.74) is 0. The van der Waals surface area contributed by atoms with Gasteiger partial charge in [0.15, 0.2) is 0 Å². The van der Waals surface area contributed by atoms with Crippen LogP contribution in [0.25, 0.3) is 0 Å². The van der Waals surface area contributed by atoms with Crippen LogP contribution in [-0.4, -0.2) is 30.9 Å². The number of hydrogen-bond acceptors (Lipinski definition) is 3. The Bertz CT molecular complexity index is 383. The molecule has 4 nitrogen and oxygen atoms in total. The Labute approximate surface area is 96.5 Å². The second-order valence-electron chi connectivity index (χ2n) is 2.95. The van der Waals surface area contributed by atoms with Crippen LogP contribution in [0.1, 0.15) is 0 Å². The van der Waals surface area contributed by atoms with Crippen LogP contribution in [0.15, 0.2) is 18.2 Å². The standard InChI is InChI=1S/C10H10ClFO4/c1-15-5-8(10(13)14)16-7-4-2-3-6(12)9(7)11/h2-4,8H,5H2,1H3,(H,13,14). The summed E-state index contributed by atoms with van der Waals surface area (Å²) in [7, 11) is 1.34. The zero-order valence-electron chi connectivity index (χ0n) is 8.44. The maximum Gasteiger partial charge on any atom is 0.347 e. The molecule has 0 amide bonds. The Morgan fingerprint density at radius 2 is 2.31 bits per heavy atom. The van der Waals surface area contributed by atoms with Crippen molar-refractivity contribution in [1.29, 1.82) is 0 Å². The van der Waals surface area contributed by atoms with Gasteiger partial charge in [0.1, 0.15) is 16.6 Å². The topological polar surface area (TPSA) is 55.8 Å². The van der Waals surface area contributed by atoms with Crippen molar-refractivity contribution >= 4 is 17.6 Å². The number of carboxylic acid groups (broad SMARTS) is 1. The van der Waals surface area contributed by atoms with E-state index in [1.54, 1.807) is 0 Å². The molecule has 1 N–H and O–H groups in total. The molecule has 0 heterocycles. The van der Waals surface area contributed by atoms with Crippen LogP contribution in [0.2, 0.25) is 5.02 Å². The van der Waals surface area contributed by atoms with E-state index < -0.39 is 17.9 Å². The lowest BCUT2D eigenvalue weighted by atomic mass is 10.3. The molecule has 1 rings (SSSR count). The van der Waals surface area contributed by atoms with Gasteiger partial charge in [-0.15, -0.1) is 0 Å². The van der Waals surface area contributed by atoms with Gasteiger partial charge >= 0.3 is 5.97 Å². The fourth-order valence-corrected chi connectivity index (χ4v) is 1.21. The Balaban J connectivity index is 2.85. The van der Waals surface area contributed by atoms with Gasteiger partial charge in [0.25, 0.3) is 0 Å². The lowest BCUT2D eigenvalue weighted by Gasteiger charge is -2.15. The molecule has 0 saturated heterocycles. The SMILES string of the molecule is COCC(Oc1cccc(F)c1Cl)C(=O)O. The highest BCUT2D eigenvalue weighted by molar-refractivity contribution is 6.32. The van der Waals surface area contributed by atoms with Crippen molar-refractivity contribution in [3.63, 3.8) is 0 Å². The first-order valence-corrected chi connectivity index (χ1v) is 4.76. The molecule has 0 spiro atoms. The lowest BCUT2D eigenvalue weighted by Crippen LogP contribution is -2.31. The molecule has 0 fully saturated rings. The zero-order valence-corrected chi connectivity index (χ0v) is 9.20. The van der Waals surface area contributed by atoms with Crippen molar-refractivity contribution in [3.05, 3.63) is 29.0 Å². The van der Waals surface area contributed by atoms with E-state index in [4.69, 9.17) is 21.4 Å². The molecule has 1 atom stereocenters. The van der Waals surface area contributed by atoms with Gasteiger partial charge < -0.3 is 14.6 Å². The highest BCUT2D eigenvalue weighted by Gasteiger charge is 2.21. The largest absolute Gasteiger partial charge is 0.478 e. The van der Waals surface area contributed by atoms with E-state index in [2.05, 4.69) is 4.74 Å². The summed E-state index contributed by atoms with van der Waals surface area (Å²) in [5.74, 6) is -1.89. The fourth-order valence-electron chi connectivity index (χ4n) is 1.04. The summed E-state index contributed by atoms with van der Waals surface area (Å²) in [6.45, 7) is -0.151. The number of hydrogen-bond donors (Lipinski definition) is 1. The van der Waals surface area contributed by atoms with Crippen LogP contribution in [-0.2, 0) is 9.53 Å². The number of carbonyl (C=O) groups is 1. The number of benzene rings is 1. The minimum absolute atomic E-state index is 0.0221. The second-order valence-corrected chi connectivity index (χ2v) is 3.33. The molecular formula is C10H10ClFO4. The average molecular weight is 249 g/mol. The molecule has 88 valence electrons. The molecule has 6 heteroatoms. The highest BCUT2D eigenvalue weighted by Crippen LogP contribution is 2.27. The van der Waals surface area contributed by atoms with Crippen molar-refractivity contribution in [2.75, 3.05) is 13.7 Å². The molecule has 0 bridgehead atoms. The summed E-state index contributed by atoms with van der Waals surface area (Å²) in [4.78, 5) is 10.7. The minimum atomic E-state index is -1.22. The summed E-state index contributed by atoms with van der Waals surface area (Å²) in [6, 6.07) is 3.92. The van der Waals surface area contributed by atoms with Crippen molar-refractivity contribution in [1.82, 2.24) is 0 Å². The predicted molar refractivity (Wildman–Crippen MR) is 55.3 cm³/mol. The van der Waals surface area contributed by atoms with Gasteiger partial charge in [-0.25, -0.2) is 9.18 Å². The van der Waals surface area contributed by atoms with Crippen LogP contribution < -0.4 is 4.74 Å². The smallest absolute Gasteiger partial charge is 0.347 e. The minimum Gasteiger partial charge on any atom is -0.478 e. The highest BCUT2D eigenvalue weighted by atomic mass is 35.5. The van der Waals surface area contributed by atoms with Crippen molar-refractivity contribution in [2.45, 2.75) is 6.10 Å². The summed E-state index contributed by atoms with van der Waals surface area (Å²) in [6.07, 6.45) is -1.22. The third kappa shape index (κ3) is 3.08. The molecule has 0 aliphatic heterocycles. The predicted octanol–water partition coefficient (Wildman–Crippen LogP) is 1.96. The zero-order chi connectivity index (χ0) is 12.1. The number of rotatable bonds is 5. The van der Waals surface area contributed by atoms with E-state index >= 15 is 0 Å². The van der Waals surface area contributed by atoms with Gasteiger partial charge in [-0.05, 0) is 12.1 Å². The Kier molecular flexibility index (Phi) is 4.52. The Morgan fingerprint density at radius 1 is 1.62 bits per heavy atom. The van der Waals surface area contributed by atoms with Crippen LogP contribution in [0.4, 0.5) is 4.39 Å². The molecular weight excluding hydrogens is 239 g/mol. The maximum atomic E-state index is 13.0.